The van der Waals surface area contributed by atoms with Gasteiger partial charge >= 0.3 is 0 Å². The fourth-order valence-electron chi connectivity index (χ4n) is 2.77. The summed E-state index contributed by atoms with van der Waals surface area (Å²) in [5, 5.41) is 1.05. The molecule has 0 radical (unpaired) electrons. The number of rotatable bonds is 9. The molecule has 0 saturated carbocycles. The van der Waals surface area contributed by atoms with Crippen molar-refractivity contribution >= 4 is 28.4 Å². The zero-order valence-corrected chi connectivity index (χ0v) is 16.4. The van der Waals surface area contributed by atoms with Gasteiger partial charge in [0, 0.05) is 25.3 Å². The Morgan fingerprint density at radius 1 is 1.18 bits per heavy atom. The summed E-state index contributed by atoms with van der Waals surface area (Å²) >= 11 is 1.21. The van der Waals surface area contributed by atoms with Crippen LogP contribution in [0.4, 0.5) is 4.39 Å². The standard InChI is InChI=1S/C21H21FN2O3S/c1-2-27-13-5-12-24-20(26)17-6-3-4-7-18(17)23-21(24)28-14-19(25)15-8-10-16(22)11-9-15/h3-4,6-11H,2,5,12-14H2,1H3. The van der Waals surface area contributed by atoms with Gasteiger partial charge in [-0.2, -0.15) is 0 Å². The largest absolute Gasteiger partial charge is 0.382 e. The fraction of sp³-hybridized carbons (Fsp3) is 0.286. The van der Waals surface area contributed by atoms with Crippen molar-refractivity contribution in [3.05, 3.63) is 70.3 Å². The van der Waals surface area contributed by atoms with E-state index in [1.165, 1.54) is 36.0 Å². The molecule has 146 valence electrons. The Hall–Kier alpha value is -2.51. The van der Waals surface area contributed by atoms with Crippen molar-refractivity contribution in [3.63, 3.8) is 0 Å². The monoisotopic (exact) mass is 400 g/mol. The summed E-state index contributed by atoms with van der Waals surface area (Å²) in [5.41, 5.74) is 0.907. The van der Waals surface area contributed by atoms with E-state index in [4.69, 9.17) is 4.74 Å². The summed E-state index contributed by atoms with van der Waals surface area (Å²) < 4.78 is 20.0. The van der Waals surface area contributed by atoms with Crippen LogP contribution in [0.5, 0.6) is 0 Å². The molecule has 2 aromatic carbocycles. The number of fused-ring (bicyclic) bond motifs is 1. The van der Waals surface area contributed by atoms with Crippen molar-refractivity contribution in [2.24, 2.45) is 0 Å². The summed E-state index contributed by atoms with van der Waals surface area (Å²) in [4.78, 5) is 29.9. The maximum Gasteiger partial charge on any atom is 0.262 e. The van der Waals surface area contributed by atoms with Gasteiger partial charge in [-0.3, -0.25) is 14.2 Å². The molecule has 7 heteroatoms. The van der Waals surface area contributed by atoms with Crippen LogP contribution in [0.2, 0.25) is 0 Å². The molecular formula is C21H21FN2O3S. The number of carbonyl (C=O) groups is 1. The lowest BCUT2D eigenvalue weighted by atomic mass is 10.1. The van der Waals surface area contributed by atoms with E-state index >= 15 is 0 Å². The molecule has 0 aliphatic heterocycles. The van der Waals surface area contributed by atoms with Crippen LogP contribution in [0.25, 0.3) is 10.9 Å². The molecule has 28 heavy (non-hydrogen) atoms. The van der Waals surface area contributed by atoms with Crippen LogP contribution in [0, 0.1) is 5.82 Å². The van der Waals surface area contributed by atoms with Gasteiger partial charge in [0.25, 0.3) is 5.56 Å². The zero-order valence-electron chi connectivity index (χ0n) is 15.6. The molecule has 3 rings (SSSR count). The quantitative estimate of drug-likeness (QED) is 0.236. The van der Waals surface area contributed by atoms with Gasteiger partial charge in [0.2, 0.25) is 0 Å². The van der Waals surface area contributed by atoms with Crippen LogP contribution in [0.15, 0.2) is 58.5 Å². The minimum atomic E-state index is -0.386. The Morgan fingerprint density at radius 3 is 2.68 bits per heavy atom. The van der Waals surface area contributed by atoms with E-state index in [0.717, 1.165) is 0 Å². The van der Waals surface area contributed by atoms with Crippen LogP contribution in [0.3, 0.4) is 0 Å². The molecule has 1 heterocycles. The van der Waals surface area contributed by atoms with Gasteiger partial charge in [0.1, 0.15) is 5.82 Å². The van der Waals surface area contributed by atoms with Gasteiger partial charge in [-0.05, 0) is 49.7 Å². The molecule has 0 atom stereocenters. The van der Waals surface area contributed by atoms with Gasteiger partial charge in [-0.1, -0.05) is 23.9 Å². The third kappa shape index (κ3) is 4.85. The maximum absolute atomic E-state index is 13.0. The summed E-state index contributed by atoms with van der Waals surface area (Å²) in [6.45, 7) is 3.56. The van der Waals surface area contributed by atoms with E-state index in [-0.39, 0.29) is 22.9 Å². The smallest absolute Gasteiger partial charge is 0.262 e. The highest BCUT2D eigenvalue weighted by Crippen LogP contribution is 2.19. The highest BCUT2D eigenvalue weighted by atomic mass is 32.2. The molecule has 0 unspecified atom stereocenters. The van der Waals surface area contributed by atoms with Crippen LogP contribution in [-0.2, 0) is 11.3 Å². The fourth-order valence-corrected chi connectivity index (χ4v) is 3.69. The Morgan fingerprint density at radius 2 is 1.93 bits per heavy atom. The number of ketones is 1. The average molecular weight is 400 g/mol. The number of carbonyl (C=O) groups excluding carboxylic acids is 1. The topological polar surface area (TPSA) is 61.2 Å². The highest BCUT2D eigenvalue weighted by Gasteiger charge is 2.14. The molecule has 5 nitrogen and oxygen atoms in total. The Labute approximate surface area is 166 Å². The van der Waals surface area contributed by atoms with E-state index in [9.17, 15) is 14.0 Å². The Bertz CT molecular complexity index is 1020. The minimum Gasteiger partial charge on any atom is -0.382 e. The number of hydrogen-bond acceptors (Lipinski definition) is 5. The van der Waals surface area contributed by atoms with E-state index in [1.54, 1.807) is 22.8 Å². The van der Waals surface area contributed by atoms with Gasteiger partial charge in [-0.15, -0.1) is 0 Å². The van der Waals surface area contributed by atoms with Crippen LogP contribution < -0.4 is 5.56 Å². The first-order chi connectivity index (χ1) is 13.6. The number of Topliss-reactive ketones (excluding diaryl/α,β-unsaturated/α-hetero) is 1. The number of ether oxygens (including phenoxy) is 1. The molecule has 0 N–H and O–H groups in total. The van der Waals surface area contributed by atoms with Crippen molar-refractivity contribution in [3.8, 4) is 0 Å². The molecule has 0 fully saturated rings. The molecule has 3 aromatic rings. The first kappa shape index (κ1) is 20.2. The van der Waals surface area contributed by atoms with Crippen molar-refractivity contribution < 1.29 is 13.9 Å². The van der Waals surface area contributed by atoms with Crippen molar-refractivity contribution in [2.45, 2.75) is 25.0 Å². The second kappa shape index (κ2) is 9.61. The summed E-state index contributed by atoms with van der Waals surface area (Å²) in [6.07, 6.45) is 0.674. The molecule has 0 aliphatic carbocycles. The van der Waals surface area contributed by atoms with Gasteiger partial charge in [0.15, 0.2) is 10.9 Å². The van der Waals surface area contributed by atoms with Gasteiger partial charge < -0.3 is 4.74 Å². The predicted molar refractivity (Wildman–Crippen MR) is 109 cm³/mol. The van der Waals surface area contributed by atoms with Crippen molar-refractivity contribution in [1.82, 2.24) is 9.55 Å². The summed E-state index contributed by atoms with van der Waals surface area (Å²) in [6, 6.07) is 12.6. The number of para-hydroxylation sites is 1. The second-order valence-corrected chi connectivity index (χ2v) is 7.08. The molecule has 0 aliphatic rings. The van der Waals surface area contributed by atoms with Crippen LogP contribution in [0.1, 0.15) is 23.7 Å². The van der Waals surface area contributed by atoms with E-state index < -0.39 is 0 Å². The lowest BCUT2D eigenvalue weighted by Gasteiger charge is -2.13. The average Bonchev–Trinajstić information content (AvgIpc) is 2.71. The second-order valence-electron chi connectivity index (χ2n) is 6.14. The van der Waals surface area contributed by atoms with Gasteiger partial charge in [0.05, 0.1) is 16.7 Å². The number of aromatic nitrogens is 2. The Balaban J connectivity index is 1.84. The van der Waals surface area contributed by atoms with Crippen molar-refractivity contribution in [1.29, 1.82) is 0 Å². The first-order valence-corrected chi connectivity index (χ1v) is 10.1. The molecule has 1 aromatic heterocycles. The van der Waals surface area contributed by atoms with E-state index in [1.807, 2.05) is 13.0 Å². The molecule has 0 spiro atoms. The third-order valence-electron chi connectivity index (χ3n) is 4.20. The molecule has 0 amide bonds. The molecular weight excluding hydrogens is 379 g/mol. The highest BCUT2D eigenvalue weighted by molar-refractivity contribution is 7.99. The van der Waals surface area contributed by atoms with Crippen LogP contribution >= 0.6 is 11.8 Å². The first-order valence-electron chi connectivity index (χ1n) is 9.09. The summed E-state index contributed by atoms with van der Waals surface area (Å²) in [7, 11) is 0. The summed E-state index contributed by atoms with van der Waals surface area (Å²) in [5.74, 6) is -0.418. The number of nitrogens with zero attached hydrogens (tertiary/aromatic N) is 2. The van der Waals surface area contributed by atoms with Crippen LogP contribution in [-0.4, -0.2) is 34.3 Å². The number of hydrogen-bond donors (Lipinski definition) is 0. The van der Waals surface area contributed by atoms with E-state index in [0.29, 0.717) is 47.8 Å². The maximum atomic E-state index is 13.0. The number of benzene rings is 2. The minimum absolute atomic E-state index is 0.113. The molecule has 0 saturated heterocycles. The Kier molecular flexibility index (Phi) is 6.95. The van der Waals surface area contributed by atoms with E-state index in [2.05, 4.69) is 4.98 Å². The predicted octanol–water partition coefficient (Wildman–Crippen LogP) is 3.94. The van der Waals surface area contributed by atoms with Gasteiger partial charge in [-0.25, -0.2) is 9.37 Å². The van der Waals surface area contributed by atoms with Crippen molar-refractivity contribution in [2.75, 3.05) is 19.0 Å². The molecule has 0 bridgehead atoms. The SMILES string of the molecule is CCOCCCn1c(SCC(=O)c2ccc(F)cc2)nc2ccccc2c1=O. The number of halogens is 1. The third-order valence-corrected chi connectivity index (χ3v) is 5.18. The normalized spacial score (nSPS) is 11.1. The lowest BCUT2D eigenvalue weighted by molar-refractivity contribution is 0.102. The zero-order chi connectivity index (χ0) is 19.9. The lowest BCUT2D eigenvalue weighted by Crippen LogP contribution is -2.24. The number of thioether (sulfide) groups is 1.